The Bertz CT molecular complexity index is 1050. The molecule has 8 nitrogen and oxygen atoms in total. The number of hydrogen-bond donors (Lipinski definition) is 1. The first-order chi connectivity index (χ1) is 14.3. The van der Waals surface area contributed by atoms with E-state index in [1.165, 1.54) is 19.2 Å². The molecule has 0 radical (unpaired) electrons. The Hall–Kier alpha value is -3.04. The predicted octanol–water partition coefficient (Wildman–Crippen LogP) is 3.75. The van der Waals surface area contributed by atoms with E-state index in [4.69, 9.17) is 13.7 Å². The van der Waals surface area contributed by atoms with E-state index in [1.54, 1.807) is 36.4 Å². The molecule has 1 atom stereocenters. The van der Waals surface area contributed by atoms with Crippen molar-refractivity contribution in [3.8, 4) is 11.5 Å². The van der Waals surface area contributed by atoms with Crippen LogP contribution in [0.4, 0.5) is 10.5 Å². The minimum atomic E-state index is -3.92. The zero-order chi connectivity index (χ0) is 21.7. The predicted molar refractivity (Wildman–Crippen MR) is 111 cm³/mol. The molecule has 0 fully saturated rings. The van der Waals surface area contributed by atoms with Crippen LogP contribution in [0.2, 0.25) is 0 Å². The molecule has 1 amide bonds. The zero-order valence-corrected chi connectivity index (χ0v) is 17.7. The second kappa shape index (κ2) is 9.19. The first-order valence-electron chi connectivity index (χ1n) is 9.24. The van der Waals surface area contributed by atoms with E-state index in [0.29, 0.717) is 22.7 Å². The molecule has 0 spiro atoms. The van der Waals surface area contributed by atoms with Crippen molar-refractivity contribution in [2.24, 2.45) is 0 Å². The van der Waals surface area contributed by atoms with Crippen LogP contribution in [0, 0.1) is 6.92 Å². The fraction of sp³-hybridized carbons (Fsp3) is 0.286. The number of amides is 1. The van der Waals surface area contributed by atoms with Crippen LogP contribution in [0.3, 0.4) is 0 Å². The standard InChI is InChI=1S/C21H23NO7S/c1-4-5-17-18(22-21(23)26-3)10-11-19-20(17)29-15(12-27-19)13-28-30(24,25)16-8-6-14(2)7-9-16/h4-11,15H,12-13H2,1-3H3,(H,22,23)/b5-4-/t15-/m1/s1. The fourth-order valence-corrected chi connectivity index (χ4v) is 3.76. The van der Waals surface area contributed by atoms with Gasteiger partial charge < -0.3 is 14.2 Å². The van der Waals surface area contributed by atoms with Crippen LogP contribution in [0.25, 0.3) is 6.08 Å². The Balaban J connectivity index is 1.77. The van der Waals surface area contributed by atoms with Crippen molar-refractivity contribution < 1.29 is 31.6 Å². The summed E-state index contributed by atoms with van der Waals surface area (Å²) in [6, 6.07) is 9.72. The third-order valence-corrected chi connectivity index (χ3v) is 5.64. The molecule has 160 valence electrons. The van der Waals surface area contributed by atoms with Gasteiger partial charge in [-0.1, -0.05) is 29.8 Å². The Kier molecular flexibility index (Phi) is 6.63. The van der Waals surface area contributed by atoms with Crippen molar-refractivity contribution in [3.05, 3.63) is 53.6 Å². The first kappa shape index (κ1) is 21.7. The number of fused-ring (bicyclic) bond motifs is 1. The van der Waals surface area contributed by atoms with Gasteiger partial charge in [0, 0.05) is 5.56 Å². The van der Waals surface area contributed by atoms with Crippen LogP contribution >= 0.6 is 0 Å². The first-order valence-corrected chi connectivity index (χ1v) is 10.6. The monoisotopic (exact) mass is 433 g/mol. The van der Waals surface area contributed by atoms with Crippen molar-refractivity contribution in [1.82, 2.24) is 0 Å². The summed E-state index contributed by atoms with van der Waals surface area (Å²) in [5.41, 5.74) is 1.99. The van der Waals surface area contributed by atoms with E-state index < -0.39 is 22.3 Å². The lowest BCUT2D eigenvalue weighted by Crippen LogP contribution is -2.34. The lowest BCUT2D eigenvalue weighted by atomic mass is 10.1. The van der Waals surface area contributed by atoms with E-state index in [1.807, 2.05) is 13.8 Å². The lowest BCUT2D eigenvalue weighted by Gasteiger charge is -2.28. The number of carbonyl (C=O) groups excluding carboxylic acids is 1. The summed E-state index contributed by atoms with van der Waals surface area (Å²) in [5.74, 6) is 0.866. The minimum absolute atomic E-state index is 0.0735. The molecule has 1 aliphatic rings. The van der Waals surface area contributed by atoms with Gasteiger partial charge in [0.25, 0.3) is 10.1 Å². The maximum Gasteiger partial charge on any atom is 0.411 e. The average Bonchev–Trinajstić information content (AvgIpc) is 2.74. The van der Waals surface area contributed by atoms with Crippen molar-refractivity contribution in [3.63, 3.8) is 0 Å². The van der Waals surface area contributed by atoms with Gasteiger partial charge in [-0.05, 0) is 38.1 Å². The number of allylic oxidation sites excluding steroid dienone is 1. The molecule has 1 N–H and O–H groups in total. The molecule has 3 rings (SSSR count). The van der Waals surface area contributed by atoms with Gasteiger partial charge in [-0.25, -0.2) is 4.79 Å². The number of carbonyl (C=O) groups is 1. The van der Waals surface area contributed by atoms with Gasteiger partial charge in [-0.2, -0.15) is 8.42 Å². The molecule has 9 heteroatoms. The van der Waals surface area contributed by atoms with Gasteiger partial charge in [-0.15, -0.1) is 0 Å². The molecule has 30 heavy (non-hydrogen) atoms. The summed E-state index contributed by atoms with van der Waals surface area (Å²) in [5, 5.41) is 2.62. The molecular weight excluding hydrogens is 410 g/mol. The van der Waals surface area contributed by atoms with E-state index in [0.717, 1.165) is 5.56 Å². The third kappa shape index (κ3) is 4.92. The van der Waals surface area contributed by atoms with Crippen LogP contribution < -0.4 is 14.8 Å². The Morgan fingerprint density at radius 2 is 1.97 bits per heavy atom. The van der Waals surface area contributed by atoms with Gasteiger partial charge in [0.15, 0.2) is 17.6 Å². The molecule has 0 saturated carbocycles. The Morgan fingerprint density at radius 1 is 1.23 bits per heavy atom. The molecular formula is C21H23NO7S. The smallest absolute Gasteiger partial charge is 0.411 e. The van der Waals surface area contributed by atoms with Crippen molar-refractivity contribution >= 4 is 28.0 Å². The number of ether oxygens (including phenoxy) is 3. The molecule has 1 aliphatic heterocycles. The third-order valence-electron chi connectivity index (χ3n) is 4.34. The number of benzene rings is 2. The van der Waals surface area contributed by atoms with Crippen LogP contribution in [0.1, 0.15) is 18.1 Å². The van der Waals surface area contributed by atoms with Gasteiger partial charge in [0.05, 0.1) is 17.7 Å². The number of rotatable bonds is 6. The molecule has 1 heterocycles. The molecule has 0 bridgehead atoms. The van der Waals surface area contributed by atoms with Crippen LogP contribution in [0.5, 0.6) is 11.5 Å². The van der Waals surface area contributed by atoms with E-state index in [2.05, 4.69) is 10.1 Å². The van der Waals surface area contributed by atoms with E-state index >= 15 is 0 Å². The summed E-state index contributed by atoms with van der Waals surface area (Å²) in [6.45, 7) is 3.59. The molecule has 2 aromatic carbocycles. The number of aryl methyl sites for hydroxylation is 1. The van der Waals surface area contributed by atoms with Gasteiger partial charge in [0.1, 0.15) is 13.2 Å². The summed E-state index contributed by atoms with van der Waals surface area (Å²) in [7, 11) is -2.66. The van der Waals surface area contributed by atoms with Gasteiger partial charge >= 0.3 is 6.09 Å². The quantitative estimate of drug-likeness (QED) is 0.693. The van der Waals surface area contributed by atoms with Gasteiger partial charge in [-0.3, -0.25) is 9.50 Å². The molecule has 0 saturated heterocycles. The summed E-state index contributed by atoms with van der Waals surface area (Å²) < 4.78 is 46.3. The largest absolute Gasteiger partial charge is 0.486 e. The fourth-order valence-electron chi connectivity index (χ4n) is 2.82. The Labute approximate surface area is 175 Å². The number of nitrogens with one attached hydrogen (secondary N) is 1. The van der Waals surface area contributed by atoms with Crippen LogP contribution in [-0.4, -0.2) is 40.9 Å². The average molecular weight is 433 g/mol. The number of hydrogen-bond acceptors (Lipinski definition) is 7. The molecule has 0 aromatic heterocycles. The second-order valence-corrected chi connectivity index (χ2v) is 8.19. The molecule has 0 unspecified atom stereocenters. The topological polar surface area (TPSA) is 100 Å². The highest BCUT2D eigenvalue weighted by atomic mass is 32.2. The summed E-state index contributed by atoms with van der Waals surface area (Å²) in [4.78, 5) is 11.7. The van der Waals surface area contributed by atoms with E-state index in [-0.39, 0.29) is 18.1 Å². The van der Waals surface area contributed by atoms with Crippen molar-refractivity contribution in [2.45, 2.75) is 24.8 Å². The van der Waals surface area contributed by atoms with E-state index in [9.17, 15) is 13.2 Å². The SMILES string of the molecule is C/C=C\c1c(NC(=O)OC)ccc2c1O[C@@H](COS(=O)(=O)c1ccc(C)cc1)CO2. The highest BCUT2D eigenvalue weighted by Crippen LogP contribution is 2.40. The Morgan fingerprint density at radius 3 is 2.63 bits per heavy atom. The number of methoxy groups -OCH3 is 1. The maximum absolute atomic E-state index is 12.4. The molecule has 0 aliphatic carbocycles. The lowest BCUT2D eigenvalue weighted by molar-refractivity contribution is 0.0553. The number of anilines is 1. The van der Waals surface area contributed by atoms with Crippen LogP contribution in [-0.2, 0) is 19.0 Å². The minimum Gasteiger partial charge on any atom is -0.486 e. The second-order valence-electron chi connectivity index (χ2n) is 6.57. The van der Waals surface area contributed by atoms with Crippen LogP contribution in [0.15, 0.2) is 47.4 Å². The normalized spacial score (nSPS) is 15.8. The highest BCUT2D eigenvalue weighted by Gasteiger charge is 2.27. The summed E-state index contributed by atoms with van der Waals surface area (Å²) in [6.07, 6.45) is 2.25. The van der Waals surface area contributed by atoms with Crippen molar-refractivity contribution in [1.29, 1.82) is 0 Å². The maximum atomic E-state index is 12.4. The highest BCUT2D eigenvalue weighted by molar-refractivity contribution is 7.86. The van der Waals surface area contributed by atoms with Crippen molar-refractivity contribution in [2.75, 3.05) is 25.6 Å². The summed E-state index contributed by atoms with van der Waals surface area (Å²) >= 11 is 0. The van der Waals surface area contributed by atoms with Gasteiger partial charge in [0.2, 0.25) is 0 Å². The molecule has 2 aromatic rings. The zero-order valence-electron chi connectivity index (χ0n) is 16.9.